The maximum Gasteiger partial charge on any atom is 0.257 e. The van der Waals surface area contributed by atoms with Crippen molar-refractivity contribution in [2.75, 3.05) is 13.2 Å². The average molecular weight is 348 g/mol. The zero-order valence-electron chi connectivity index (χ0n) is 13.6. The van der Waals surface area contributed by atoms with Gasteiger partial charge in [-0.2, -0.15) is 5.10 Å². The summed E-state index contributed by atoms with van der Waals surface area (Å²) in [5, 5.41) is 14.2. The van der Waals surface area contributed by atoms with Gasteiger partial charge in [-0.3, -0.25) is 9.48 Å². The number of aliphatic hydroxyl groups excluding tert-OH is 1. The second-order valence-electron chi connectivity index (χ2n) is 6.18. The number of piperidine rings is 1. The highest BCUT2D eigenvalue weighted by Crippen LogP contribution is 2.22. The maximum atomic E-state index is 12.8. The average Bonchev–Trinajstić information content (AvgIpc) is 3.06. The van der Waals surface area contributed by atoms with Crippen molar-refractivity contribution >= 4 is 17.5 Å². The lowest BCUT2D eigenvalue weighted by Crippen LogP contribution is -2.44. The fourth-order valence-corrected chi connectivity index (χ4v) is 3.44. The summed E-state index contributed by atoms with van der Waals surface area (Å²) in [4.78, 5) is 14.7. The molecule has 5 nitrogen and oxygen atoms in total. The van der Waals surface area contributed by atoms with Crippen molar-refractivity contribution in [3.05, 3.63) is 52.8 Å². The molecule has 1 unspecified atom stereocenters. The minimum absolute atomic E-state index is 0.00133. The van der Waals surface area contributed by atoms with Crippen molar-refractivity contribution in [3.63, 3.8) is 0 Å². The number of halogens is 1. The smallest absolute Gasteiger partial charge is 0.257 e. The van der Waals surface area contributed by atoms with Gasteiger partial charge in [0.2, 0.25) is 0 Å². The Morgan fingerprint density at radius 3 is 2.96 bits per heavy atom. The SMILES string of the molecule is O=C(c1cnn(Cc2ccccc2Cl)c1)N1CCCCC1CCO. The van der Waals surface area contributed by atoms with Crippen molar-refractivity contribution < 1.29 is 9.90 Å². The van der Waals surface area contributed by atoms with Crippen LogP contribution in [0.5, 0.6) is 0 Å². The number of likely N-dealkylation sites (tertiary alicyclic amines) is 1. The van der Waals surface area contributed by atoms with Crippen LogP contribution in [0.15, 0.2) is 36.7 Å². The number of aromatic nitrogens is 2. The number of carbonyl (C=O) groups excluding carboxylic acids is 1. The van der Waals surface area contributed by atoms with Gasteiger partial charge in [-0.1, -0.05) is 29.8 Å². The Hall–Kier alpha value is -1.85. The van der Waals surface area contributed by atoms with Gasteiger partial charge in [0.15, 0.2) is 0 Å². The van der Waals surface area contributed by atoms with Crippen molar-refractivity contribution in [1.82, 2.24) is 14.7 Å². The highest BCUT2D eigenvalue weighted by molar-refractivity contribution is 6.31. The van der Waals surface area contributed by atoms with E-state index >= 15 is 0 Å². The summed E-state index contributed by atoms with van der Waals surface area (Å²) in [6.07, 6.45) is 7.11. The zero-order chi connectivity index (χ0) is 16.9. The van der Waals surface area contributed by atoms with Crippen molar-refractivity contribution in [2.45, 2.75) is 38.3 Å². The third kappa shape index (κ3) is 3.79. The van der Waals surface area contributed by atoms with E-state index in [1.807, 2.05) is 29.2 Å². The Morgan fingerprint density at radius 1 is 1.33 bits per heavy atom. The summed E-state index contributed by atoms with van der Waals surface area (Å²) in [5.41, 5.74) is 1.56. The first-order chi connectivity index (χ1) is 11.7. The van der Waals surface area contributed by atoms with E-state index in [9.17, 15) is 9.90 Å². The molecule has 1 amide bonds. The second-order valence-corrected chi connectivity index (χ2v) is 6.59. The summed E-state index contributed by atoms with van der Waals surface area (Å²) in [6, 6.07) is 7.75. The van der Waals surface area contributed by atoms with Crippen LogP contribution in [-0.4, -0.2) is 44.9 Å². The summed E-state index contributed by atoms with van der Waals surface area (Å²) < 4.78 is 1.74. The summed E-state index contributed by atoms with van der Waals surface area (Å²) >= 11 is 6.18. The second kappa shape index (κ2) is 7.81. The monoisotopic (exact) mass is 347 g/mol. The summed E-state index contributed by atoms with van der Waals surface area (Å²) in [5.74, 6) is -0.00133. The van der Waals surface area contributed by atoms with Crippen LogP contribution in [0, 0.1) is 0 Å². The maximum absolute atomic E-state index is 12.8. The highest BCUT2D eigenvalue weighted by atomic mass is 35.5. The largest absolute Gasteiger partial charge is 0.396 e. The van der Waals surface area contributed by atoms with E-state index in [0.717, 1.165) is 31.4 Å². The Bertz CT molecular complexity index is 699. The molecule has 1 N–H and O–H groups in total. The Morgan fingerprint density at radius 2 is 2.17 bits per heavy atom. The lowest BCUT2D eigenvalue weighted by molar-refractivity contribution is 0.0574. The quantitative estimate of drug-likeness (QED) is 0.904. The highest BCUT2D eigenvalue weighted by Gasteiger charge is 2.27. The Balaban J connectivity index is 1.72. The Labute approximate surface area is 146 Å². The van der Waals surface area contributed by atoms with Crippen LogP contribution in [0.2, 0.25) is 5.02 Å². The van der Waals surface area contributed by atoms with Gasteiger partial charge in [0.25, 0.3) is 5.91 Å². The number of carbonyl (C=O) groups is 1. The van der Waals surface area contributed by atoms with Gasteiger partial charge in [0.1, 0.15) is 0 Å². The molecule has 1 fully saturated rings. The van der Waals surface area contributed by atoms with E-state index in [1.54, 1.807) is 17.1 Å². The first-order valence-electron chi connectivity index (χ1n) is 8.36. The van der Waals surface area contributed by atoms with E-state index in [0.29, 0.717) is 23.6 Å². The van der Waals surface area contributed by atoms with Gasteiger partial charge in [-0.05, 0) is 37.3 Å². The van der Waals surface area contributed by atoms with Crippen LogP contribution >= 0.6 is 11.6 Å². The third-order valence-electron chi connectivity index (χ3n) is 4.52. The number of hydrogen-bond acceptors (Lipinski definition) is 3. The molecule has 0 radical (unpaired) electrons. The minimum atomic E-state index is -0.00133. The number of aliphatic hydroxyl groups is 1. The molecule has 2 aromatic rings. The van der Waals surface area contributed by atoms with Crippen LogP contribution in [-0.2, 0) is 6.54 Å². The molecule has 0 spiro atoms. The van der Waals surface area contributed by atoms with E-state index in [4.69, 9.17) is 11.6 Å². The first-order valence-corrected chi connectivity index (χ1v) is 8.74. The fraction of sp³-hybridized carbons (Fsp3) is 0.444. The predicted molar refractivity (Wildman–Crippen MR) is 93.2 cm³/mol. The van der Waals surface area contributed by atoms with Gasteiger partial charge in [-0.15, -0.1) is 0 Å². The molecule has 24 heavy (non-hydrogen) atoms. The molecule has 128 valence electrons. The van der Waals surface area contributed by atoms with E-state index < -0.39 is 0 Å². The number of rotatable bonds is 5. The topological polar surface area (TPSA) is 58.4 Å². The molecule has 1 aliphatic heterocycles. The molecule has 1 aliphatic rings. The third-order valence-corrected chi connectivity index (χ3v) is 4.89. The van der Waals surface area contributed by atoms with Crippen LogP contribution < -0.4 is 0 Å². The van der Waals surface area contributed by atoms with E-state index in [-0.39, 0.29) is 18.6 Å². The molecular weight excluding hydrogens is 326 g/mol. The first kappa shape index (κ1) is 17.0. The molecule has 0 aliphatic carbocycles. The number of benzene rings is 1. The van der Waals surface area contributed by atoms with Crippen LogP contribution in [0.3, 0.4) is 0 Å². The molecule has 3 rings (SSSR count). The minimum Gasteiger partial charge on any atom is -0.396 e. The molecule has 0 saturated carbocycles. The van der Waals surface area contributed by atoms with Gasteiger partial charge in [0, 0.05) is 30.4 Å². The lowest BCUT2D eigenvalue weighted by Gasteiger charge is -2.35. The standard InChI is InChI=1S/C18H22ClN3O2/c19-17-7-2-1-5-14(17)12-21-13-15(11-20-21)18(24)22-9-4-3-6-16(22)8-10-23/h1-2,5,7,11,13,16,23H,3-4,6,8-10,12H2. The molecule has 2 heterocycles. The van der Waals surface area contributed by atoms with Crippen molar-refractivity contribution in [3.8, 4) is 0 Å². The normalized spacial score (nSPS) is 17.9. The van der Waals surface area contributed by atoms with Crippen molar-refractivity contribution in [1.29, 1.82) is 0 Å². The van der Waals surface area contributed by atoms with Gasteiger partial charge >= 0.3 is 0 Å². The molecule has 1 aromatic carbocycles. The fourth-order valence-electron chi connectivity index (χ4n) is 3.24. The summed E-state index contributed by atoms with van der Waals surface area (Å²) in [7, 11) is 0. The predicted octanol–water partition coefficient (Wildman–Crippen LogP) is 2.96. The Kier molecular flexibility index (Phi) is 5.53. The van der Waals surface area contributed by atoms with Gasteiger partial charge < -0.3 is 10.0 Å². The molecule has 0 bridgehead atoms. The van der Waals surface area contributed by atoms with Gasteiger partial charge in [0.05, 0.1) is 18.3 Å². The number of nitrogens with zero attached hydrogens (tertiary/aromatic N) is 3. The number of hydrogen-bond donors (Lipinski definition) is 1. The molecule has 1 aromatic heterocycles. The zero-order valence-corrected chi connectivity index (χ0v) is 14.3. The van der Waals surface area contributed by atoms with Crippen molar-refractivity contribution in [2.24, 2.45) is 0 Å². The van der Waals surface area contributed by atoms with E-state index in [2.05, 4.69) is 5.10 Å². The van der Waals surface area contributed by atoms with Crippen LogP contribution in [0.25, 0.3) is 0 Å². The summed E-state index contributed by atoms with van der Waals surface area (Å²) in [6.45, 7) is 1.40. The molecule has 6 heteroatoms. The van der Waals surface area contributed by atoms with Crippen LogP contribution in [0.4, 0.5) is 0 Å². The molecule has 1 atom stereocenters. The van der Waals surface area contributed by atoms with E-state index in [1.165, 1.54) is 0 Å². The molecule has 1 saturated heterocycles. The number of amides is 1. The van der Waals surface area contributed by atoms with Gasteiger partial charge in [-0.25, -0.2) is 0 Å². The molecular formula is C18H22ClN3O2. The van der Waals surface area contributed by atoms with Crippen LogP contribution in [0.1, 0.15) is 41.6 Å². The lowest BCUT2D eigenvalue weighted by atomic mass is 9.99.